The molecule has 1 saturated heterocycles. The number of piperidine rings is 1. The first kappa shape index (κ1) is 17.5. The van der Waals surface area contributed by atoms with Crippen molar-refractivity contribution in [1.82, 2.24) is 10.2 Å². The van der Waals surface area contributed by atoms with Crippen molar-refractivity contribution >= 4 is 5.91 Å². The zero-order valence-corrected chi connectivity index (χ0v) is 13.7. The van der Waals surface area contributed by atoms with Crippen LogP contribution in [0.4, 0.5) is 0 Å². The molecule has 2 unspecified atom stereocenters. The second-order valence-corrected chi connectivity index (χ2v) is 6.33. The number of likely N-dealkylation sites (tertiary alicyclic amines) is 1. The van der Waals surface area contributed by atoms with E-state index in [0.29, 0.717) is 13.0 Å². The normalized spacial score (nSPS) is 18.8. The molecule has 1 aliphatic rings. The fourth-order valence-electron chi connectivity index (χ4n) is 3.05. The minimum absolute atomic E-state index is 0.0542. The molecule has 2 rings (SSSR count). The highest BCUT2D eigenvalue weighted by Gasteiger charge is 2.25. The van der Waals surface area contributed by atoms with Crippen LogP contribution in [0.25, 0.3) is 0 Å². The lowest BCUT2D eigenvalue weighted by Gasteiger charge is -2.30. The molecule has 4 heteroatoms. The van der Waals surface area contributed by atoms with Gasteiger partial charge in [-0.3, -0.25) is 9.69 Å². The van der Waals surface area contributed by atoms with Crippen molar-refractivity contribution in [1.29, 1.82) is 0 Å². The van der Waals surface area contributed by atoms with Gasteiger partial charge in [-0.15, -0.1) is 6.42 Å². The molecule has 1 aromatic rings. The molecule has 0 aliphatic carbocycles. The van der Waals surface area contributed by atoms with Crippen molar-refractivity contribution in [3.63, 3.8) is 0 Å². The van der Waals surface area contributed by atoms with E-state index in [4.69, 9.17) is 6.42 Å². The van der Waals surface area contributed by atoms with Crippen LogP contribution < -0.4 is 5.32 Å². The van der Waals surface area contributed by atoms with Crippen LogP contribution in [-0.2, 0) is 4.79 Å². The third-order valence-electron chi connectivity index (χ3n) is 4.42. The maximum absolute atomic E-state index is 12.3. The minimum atomic E-state index is -0.552. The number of benzene rings is 1. The maximum atomic E-state index is 12.3. The Labute approximate surface area is 138 Å². The van der Waals surface area contributed by atoms with Gasteiger partial charge in [-0.05, 0) is 44.8 Å². The second-order valence-electron chi connectivity index (χ2n) is 6.33. The summed E-state index contributed by atoms with van der Waals surface area (Å²) in [6, 6.07) is 9.49. The smallest absolute Gasteiger partial charge is 0.223 e. The van der Waals surface area contributed by atoms with Gasteiger partial charge in [0.25, 0.3) is 0 Å². The van der Waals surface area contributed by atoms with Crippen molar-refractivity contribution in [2.45, 2.75) is 38.3 Å². The van der Waals surface area contributed by atoms with Crippen molar-refractivity contribution in [3.8, 4) is 12.3 Å². The molecule has 0 radical (unpaired) electrons. The molecule has 0 spiro atoms. The Balaban J connectivity index is 1.76. The molecule has 2 N–H and O–H groups in total. The number of hydrogen-bond acceptors (Lipinski definition) is 3. The van der Waals surface area contributed by atoms with Gasteiger partial charge in [0.05, 0.1) is 12.6 Å². The van der Waals surface area contributed by atoms with E-state index < -0.39 is 6.10 Å². The van der Waals surface area contributed by atoms with Gasteiger partial charge in [-0.25, -0.2) is 0 Å². The standard InChI is InChI=1S/C19H26N2O2/c1-3-11-21-12-9-17(10-13-21)19(23)20-15(2)14-18(22)16-7-5-4-6-8-16/h1,4-8,15,17-18,22H,9-14H2,2H3,(H,20,23). The molecule has 1 heterocycles. The van der Waals surface area contributed by atoms with Crippen LogP contribution >= 0.6 is 0 Å². The number of nitrogens with zero attached hydrogens (tertiary/aromatic N) is 1. The van der Waals surface area contributed by atoms with Gasteiger partial charge >= 0.3 is 0 Å². The van der Waals surface area contributed by atoms with E-state index in [1.54, 1.807) is 0 Å². The molecule has 1 aromatic carbocycles. The van der Waals surface area contributed by atoms with Crippen molar-refractivity contribution in [2.75, 3.05) is 19.6 Å². The van der Waals surface area contributed by atoms with E-state index in [0.717, 1.165) is 31.5 Å². The first-order chi connectivity index (χ1) is 11.1. The van der Waals surface area contributed by atoms with Gasteiger partial charge in [0.2, 0.25) is 5.91 Å². The summed E-state index contributed by atoms with van der Waals surface area (Å²) in [5.41, 5.74) is 0.885. The number of rotatable bonds is 6. The van der Waals surface area contributed by atoms with Gasteiger partial charge in [0.15, 0.2) is 0 Å². The first-order valence-corrected chi connectivity index (χ1v) is 8.29. The molecule has 0 bridgehead atoms. The number of terminal acetylenes is 1. The van der Waals surface area contributed by atoms with Crippen LogP contribution in [0.1, 0.15) is 37.9 Å². The SMILES string of the molecule is C#CCN1CCC(C(=O)NC(C)CC(O)c2ccccc2)CC1. The fourth-order valence-corrected chi connectivity index (χ4v) is 3.05. The van der Waals surface area contributed by atoms with E-state index >= 15 is 0 Å². The molecular formula is C19H26N2O2. The summed E-state index contributed by atoms with van der Waals surface area (Å²) in [5.74, 6) is 2.80. The molecule has 2 atom stereocenters. The Morgan fingerprint density at radius 3 is 2.65 bits per heavy atom. The van der Waals surface area contributed by atoms with E-state index in [9.17, 15) is 9.90 Å². The highest BCUT2D eigenvalue weighted by molar-refractivity contribution is 5.79. The summed E-state index contributed by atoms with van der Waals surface area (Å²) in [4.78, 5) is 14.5. The minimum Gasteiger partial charge on any atom is -0.388 e. The lowest BCUT2D eigenvalue weighted by atomic mass is 9.95. The predicted octanol–water partition coefficient (Wildman–Crippen LogP) is 1.96. The molecule has 1 amide bonds. The summed E-state index contributed by atoms with van der Waals surface area (Å²) in [6.45, 7) is 4.36. The lowest BCUT2D eigenvalue weighted by molar-refractivity contribution is -0.127. The molecule has 23 heavy (non-hydrogen) atoms. The van der Waals surface area contributed by atoms with Gasteiger partial charge in [0.1, 0.15) is 0 Å². The fraction of sp³-hybridized carbons (Fsp3) is 0.526. The number of amides is 1. The average Bonchev–Trinajstić information content (AvgIpc) is 2.56. The van der Waals surface area contributed by atoms with Crippen LogP contribution in [-0.4, -0.2) is 41.6 Å². The number of hydrogen-bond donors (Lipinski definition) is 2. The van der Waals surface area contributed by atoms with Gasteiger partial charge in [0, 0.05) is 12.0 Å². The number of carbonyl (C=O) groups is 1. The second kappa shape index (κ2) is 8.71. The Kier molecular flexibility index (Phi) is 6.64. The van der Waals surface area contributed by atoms with Gasteiger partial charge in [-0.2, -0.15) is 0 Å². The lowest BCUT2D eigenvalue weighted by Crippen LogP contribution is -2.43. The quantitative estimate of drug-likeness (QED) is 0.789. The van der Waals surface area contributed by atoms with Crippen LogP contribution in [0.5, 0.6) is 0 Å². The van der Waals surface area contributed by atoms with E-state index in [-0.39, 0.29) is 17.9 Å². The summed E-state index contributed by atoms with van der Waals surface area (Å²) in [7, 11) is 0. The summed E-state index contributed by atoms with van der Waals surface area (Å²) >= 11 is 0. The van der Waals surface area contributed by atoms with Crippen LogP contribution in [0.15, 0.2) is 30.3 Å². The van der Waals surface area contributed by atoms with Crippen molar-refractivity contribution in [2.24, 2.45) is 5.92 Å². The van der Waals surface area contributed by atoms with Crippen LogP contribution in [0, 0.1) is 18.3 Å². The topological polar surface area (TPSA) is 52.6 Å². The van der Waals surface area contributed by atoms with Crippen LogP contribution in [0.3, 0.4) is 0 Å². The molecule has 4 nitrogen and oxygen atoms in total. The Morgan fingerprint density at radius 1 is 1.39 bits per heavy atom. The largest absolute Gasteiger partial charge is 0.388 e. The summed E-state index contributed by atoms with van der Waals surface area (Å²) in [5, 5.41) is 13.3. The number of nitrogens with one attached hydrogen (secondary N) is 1. The number of aliphatic hydroxyl groups excluding tert-OH is 1. The third kappa shape index (κ3) is 5.38. The molecular weight excluding hydrogens is 288 g/mol. The summed E-state index contributed by atoms with van der Waals surface area (Å²) in [6.07, 6.45) is 6.98. The molecule has 0 saturated carbocycles. The third-order valence-corrected chi connectivity index (χ3v) is 4.42. The monoisotopic (exact) mass is 314 g/mol. The van der Waals surface area contributed by atoms with E-state index in [1.165, 1.54) is 0 Å². The van der Waals surface area contributed by atoms with Gasteiger partial charge < -0.3 is 10.4 Å². The van der Waals surface area contributed by atoms with Crippen molar-refractivity contribution < 1.29 is 9.90 Å². The highest BCUT2D eigenvalue weighted by atomic mass is 16.3. The van der Waals surface area contributed by atoms with E-state index in [1.807, 2.05) is 37.3 Å². The Hall–Kier alpha value is -1.83. The molecule has 1 fully saturated rings. The van der Waals surface area contributed by atoms with Gasteiger partial charge in [-0.1, -0.05) is 36.3 Å². The number of aliphatic hydroxyl groups is 1. The molecule has 0 aromatic heterocycles. The average molecular weight is 314 g/mol. The molecule has 1 aliphatic heterocycles. The predicted molar refractivity (Wildman–Crippen MR) is 91.6 cm³/mol. The zero-order chi connectivity index (χ0) is 16.7. The summed E-state index contributed by atoms with van der Waals surface area (Å²) < 4.78 is 0. The first-order valence-electron chi connectivity index (χ1n) is 8.29. The number of carbonyl (C=O) groups excluding carboxylic acids is 1. The maximum Gasteiger partial charge on any atom is 0.223 e. The van der Waals surface area contributed by atoms with E-state index in [2.05, 4.69) is 16.1 Å². The Morgan fingerprint density at radius 2 is 2.04 bits per heavy atom. The highest BCUT2D eigenvalue weighted by Crippen LogP contribution is 2.20. The Bertz CT molecular complexity index is 530. The molecule has 124 valence electrons. The zero-order valence-electron chi connectivity index (χ0n) is 13.7. The van der Waals surface area contributed by atoms with Crippen LogP contribution in [0.2, 0.25) is 0 Å². The van der Waals surface area contributed by atoms with Crippen molar-refractivity contribution in [3.05, 3.63) is 35.9 Å².